The topological polar surface area (TPSA) is 42.5 Å². The molecule has 1 saturated heterocycles. The Bertz CT molecular complexity index is 430. The largest absolute Gasteiger partial charge is 0.486 e. The van der Waals surface area contributed by atoms with Gasteiger partial charge in [-0.1, -0.05) is 0 Å². The van der Waals surface area contributed by atoms with Crippen molar-refractivity contribution in [3.63, 3.8) is 0 Å². The predicted molar refractivity (Wildman–Crippen MR) is 70.2 cm³/mol. The van der Waals surface area contributed by atoms with Gasteiger partial charge in [0.1, 0.15) is 13.2 Å². The van der Waals surface area contributed by atoms with Gasteiger partial charge in [-0.05, 0) is 36.1 Å². The fourth-order valence-corrected chi connectivity index (χ4v) is 2.33. The second kappa shape index (κ2) is 5.16. The third kappa shape index (κ3) is 2.44. The molecule has 0 amide bonds. The van der Waals surface area contributed by atoms with Crippen LogP contribution in [0.5, 0.6) is 11.5 Å². The summed E-state index contributed by atoms with van der Waals surface area (Å²) in [6, 6.07) is 4.19. The fourth-order valence-electron chi connectivity index (χ4n) is 2.33. The lowest BCUT2D eigenvalue weighted by atomic mass is 10.0. The molecular formula is C14H20N2O2. The smallest absolute Gasteiger partial charge is 0.161 e. The van der Waals surface area contributed by atoms with Crippen LogP contribution >= 0.6 is 0 Å². The minimum atomic E-state index is 0.649. The Balaban J connectivity index is 1.63. The molecule has 0 bridgehead atoms. The van der Waals surface area contributed by atoms with Crippen molar-refractivity contribution >= 4 is 0 Å². The Hall–Kier alpha value is -1.26. The second-order valence-corrected chi connectivity index (χ2v) is 5.08. The van der Waals surface area contributed by atoms with Gasteiger partial charge in [-0.25, -0.2) is 0 Å². The van der Waals surface area contributed by atoms with Crippen LogP contribution < -0.4 is 20.1 Å². The van der Waals surface area contributed by atoms with Crippen molar-refractivity contribution in [2.24, 2.45) is 5.92 Å². The molecule has 3 rings (SSSR count). The van der Waals surface area contributed by atoms with Crippen molar-refractivity contribution in [3.8, 4) is 11.5 Å². The molecule has 0 spiro atoms. The van der Waals surface area contributed by atoms with Crippen molar-refractivity contribution in [1.29, 1.82) is 0 Å². The normalized spacial score (nSPS) is 18.5. The number of aryl methyl sites for hydroxylation is 1. The minimum Gasteiger partial charge on any atom is -0.486 e. The highest BCUT2D eigenvalue weighted by molar-refractivity contribution is 5.47. The van der Waals surface area contributed by atoms with E-state index in [2.05, 4.69) is 29.7 Å². The summed E-state index contributed by atoms with van der Waals surface area (Å²) >= 11 is 0. The van der Waals surface area contributed by atoms with Gasteiger partial charge in [-0.2, -0.15) is 0 Å². The van der Waals surface area contributed by atoms with Crippen LogP contribution in [0.1, 0.15) is 11.1 Å². The Morgan fingerprint density at radius 3 is 2.61 bits per heavy atom. The Kier molecular flexibility index (Phi) is 3.39. The molecule has 0 unspecified atom stereocenters. The molecule has 2 aliphatic heterocycles. The summed E-state index contributed by atoms with van der Waals surface area (Å²) in [5, 5.41) is 6.80. The van der Waals surface area contributed by atoms with E-state index in [1.54, 1.807) is 0 Å². The summed E-state index contributed by atoms with van der Waals surface area (Å²) in [7, 11) is 0. The van der Waals surface area contributed by atoms with E-state index in [0.717, 1.165) is 43.6 Å². The summed E-state index contributed by atoms with van der Waals surface area (Å²) in [5.41, 5.74) is 2.56. The molecule has 4 heteroatoms. The highest BCUT2D eigenvalue weighted by Crippen LogP contribution is 2.32. The van der Waals surface area contributed by atoms with Gasteiger partial charge in [0.2, 0.25) is 0 Å². The number of fused-ring (bicyclic) bond motifs is 1. The quantitative estimate of drug-likeness (QED) is 0.836. The maximum Gasteiger partial charge on any atom is 0.161 e. The molecule has 0 radical (unpaired) electrons. The molecule has 2 aliphatic rings. The number of nitrogens with one attached hydrogen (secondary N) is 2. The lowest BCUT2D eigenvalue weighted by Crippen LogP contribution is -2.47. The molecule has 1 fully saturated rings. The molecule has 0 aliphatic carbocycles. The van der Waals surface area contributed by atoms with E-state index in [4.69, 9.17) is 9.47 Å². The van der Waals surface area contributed by atoms with Gasteiger partial charge in [0.15, 0.2) is 11.5 Å². The van der Waals surface area contributed by atoms with Gasteiger partial charge in [0.05, 0.1) is 0 Å². The molecular weight excluding hydrogens is 228 g/mol. The summed E-state index contributed by atoms with van der Waals surface area (Å²) in [4.78, 5) is 0. The van der Waals surface area contributed by atoms with Crippen molar-refractivity contribution in [3.05, 3.63) is 23.3 Å². The predicted octanol–water partition coefficient (Wildman–Crippen LogP) is 1.08. The number of hydrogen-bond donors (Lipinski definition) is 2. The molecule has 0 saturated carbocycles. The molecule has 1 aromatic rings. The first-order chi connectivity index (χ1) is 8.83. The zero-order valence-corrected chi connectivity index (χ0v) is 10.8. The van der Waals surface area contributed by atoms with Gasteiger partial charge in [0, 0.05) is 26.2 Å². The molecule has 0 atom stereocenters. The third-order valence-corrected chi connectivity index (χ3v) is 3.62. The van der Waals surface area contributed by atoms with Gasteiger partial charge >= 0.3 is 0 Å². The first-order valence-electron chi connectivity index (χ1n) is 6.63. The highest BCUT2D eigenvalue weighted by atomic mass is 16.6. The van der Waals surface area contributed by atoms with Crippen LogP contribution in [0.15, 0.2) is 12.1 Å². The molecule has 4 nitrogen and oxygen atoms in total. The maximum absolute atomic E-state index is 5.62. The Morgan fingerprint density at radius 1 is 1.22 bits per heavy atom. The summed E-state index contributed by atoms with van der Waals surface area (Å²) in [5.74, 6) is 2.56. The van der Waals surface area contributed by atoms with Gasteiger partial charge < -0.3 is 20.1 Å². The van der Waals surface area contributed by atoms with Crippen LogP contribution in [-0.2, 0) is 6.54 Å². The fraction of sp³-hybridized carbons (Fsp3) is 0.571. The summed E-state index contributed by atoms with van der Waals surface area (Å²) in [6.07, 6.45) is 0. The Morgan fingerprint density at radius 2 is 1.94 bits per heavy atom. The zero-order valence-electron chi connectivity index (χ0n) is 10.8. The van der Waals surface area contributed by atoms with Crippen LogP contribution in [-0.4, -0.2) is 32.8 Å². The van der Waals surface area contributed by atoms with Crippen molar-refractivity contribution in [1.82, 2.24) is 10.6 Å². The molecule has 18 heavy (non-hydrogen) atoms. The van der Waals surface area contributed by atoms with Crippen molar-refractivity contribution in [2.75, 3.05) is 32.8 Å². The average Bonchev–Trinajstić information content (AvgIpc) is 2.32. The van der Waals surface area contributed by atoms with E-state index in [9.17, 15) is 0 Å². The van der Waals surface area contributed by atoms with Crippen LogP contribution in [0, 0.1) is 12.8 Å². The van der Waals surface area contributed by atoms with Crippen LogP contribution in [0.4, 0.5) is 0 Å². The third-order valence-electron chi connectivity index (χ3n) is 3.62. The standard InChI is InChI=1S/C14H20N2O2/c1-10-4-13-14(18-3-2-17-13)5-12(10)9-16-8-11-6-15-7-11/h4-5,11,15-16H,2-3,6-9H2,1H3. The summed E-state index contributed by atoms with van der Waals surface area (Å²) < 4.78 is 11.2. The first kappa shape index (κ1) is 11.8. The van der Waals surface area contributed by atoms with Crippen LogP contribution in [0.25, 0.3) is 0 Å². The number of benzene rings is 1. The first-order valence-corrected chi connectivity index (χ1v) is 6.63. The molecule has 2 heterocycles. The van der Waals surface area contributed by atoms with Crippen LogP contribution in [0.3, 0.4) is 0 Å². The number of ether oxygens (including phenoxy) is 2. The van der Waals surface area contributed by atoms with Crippen molar-refractivity contribution in [2.45, 2.75) is 13.5 Å². The SMILES string of the molecule is Cc1cc2c(cc1CNCC1CNC1)OCCO2. The van der Waals surface area contributed by atoms with E-state index >= 15 is 0 Å². The highest BCUT2D eigenvalue weighted by Gasteiger charge is 2.17. The Labute approximate surface area is 108 Å². The lowest BCUT2D eigenvalue weighted by molar-refractivity contribution is 0.171. The molecule has 1 aromatic carbocycles. The lowest BCUT2D eigenvalue weighted by Gasteiger charge is -2.27. The number of rotatable bonds is 4. The minimum absolute atomic E-state index is 0.649. The van der Waals surface area contributed by atoms with Gasteiger partial charge in [-0.3, -0.25) is 0 Å². The average molecular weight is 248 g/mol. The van der Waals surface area contributed by atoms with E-state index in [0.29, 0.717) is 13.2 Å². The van der Waals surface area contributed by atoms with E-state index in [-0.39, 0.29) is 0 Å². The van der Waals surface area contributed by atoms with Gasteiger partial charge in [0.25, 0.3) is 0 Å². The zero-order chi connectivity index (χ0) is 12.4. The van der Waals surface area contributed by atoms with Crippen LogP contribution in [0.2, 0.25) is 0 Å². The molecule has 0 aromatic heterocycles. The van der Waals surface area contributed by atoms with Crippen molar-refractivity contribution < 1.29 is 9.47 Å². The maximum atomic E-state index is 5.62. The monoisotopic (exact) mass is 248 g/mol. The number of hydrogen-bond acceptors (Lipinski definition) is 4. The van der Waals surface area contributed by atoms with E-state index < -0.39 is 0 Å². The van der Waals surface area contributed by atoms with E-state index in [1.165, 1.54) is 11.1 Å². The van der Waals surface area contributed by atoms with E-state index in [1.807, 2.05) is 0 Å². The molecule has 98 valence electrons. The van der Waals surface area contributed by atoms with Gasteiger partial charge in [-0.15, -0.1) is 0 Å². The second-order valence-electron chi connectivity index (χ2n) is 5.08. The summed E-state index contributed by atoms with van der Waals surface area (Å²) in [6.45, 7) is 7.70. The molecule has 2 N–H and O–H groups in total.